The third-order valence-electron chi connectivity index (χ3n) is 3.27. The van der Waals surface area contributed by atoms with Gasteiger partial charge in [-0.25, -0.2) is 4.68 Å². The number of rotatable bonds is 1. The van der Waals surface area contributed by atoms with Crippen LogP contribution in [-0.4, -0.2) is 32.7 Å². The molecule has 7 nitrogen and oxygen atoms in total. The first-order chi connectivity index (χ1) is 9.66. The number of nitrogens with zero attached hydrogens (tertiary/aromatic N) is 4. The van der Waals surface area contributed by atoms with Crippen molar-refractivity contribution in [3.63, 3.8) is 0 Å². The van der Waals surface area contributed by atoms with Crippen molar-refractivity contribution in [1.82, 2.24) is 14.9 Å². The Morgan fingerprint density at radius 3 is 2.70 bits per heavy atom. The number of aromatic nitrogens is 3. The summed E-state index contributed by atoms with van der Waals surface area (Å²) >= 11 is 0. The summed E-state index contributed by atoms with van der Waals surface area (Å²) in [7, 11) is 0. The van der Waals surface area contributed by atoms with Gasteiger partial charge in [-0.15, -0.1) is 10.2 Å². The van der Waals surface area contributed by atoms with Crippen molar-refractivity contribution in [1.29, 1.82) is 0 Å². The van der Waals surface area contributed by atoms with Gasteiger partial charge in [0.05, 0.1) is 0 Å². The van der Waals surface area contributed by atoms with E-state index in [1.807, 2.05) is 31.2 Å². The van der Waals surface area contributed by atoms with Crippen molar-refractivity contribution in [3.8, 4) is 0 Å². The second-order valence-corrected chi connectivity index (χ2v) is 4.67. The number of hydrogen-bond acceptors (Lipinski definition) is 4. The minimum atomic E-state index is -0.714. The van der Waals surface area contributed by atoms with Gasteiger partial charge >= 0.3 is 11.8 Å². The van der Waals surface area contributed by atoms with E-state index in [-0.39, 0.29) is 6.04 Å². The number of fused-ring (bicyclic) bond motifs is 1. The Bertz CT molecular complexity index is 653. The van der Waals surface area contributed by atoms with Crippen LogP contribution in [0.2, 0.25) is 0 Å². The summed E-state index contributed by atoms with van der Waals surface area (Å²) < 4.78 is 1.24. The molecule has 1 N–H and O–H groups in total. The van der Waals surface area contributed by atoms with Crippen molar-refractivity contribution >= 4 is 17.5 Å². The number of anilines is 1. The van der Waals surface area contributed by atoms with E-state index in [4.69, 9.17) is 0 Å². The van der Waals surface area contributed by atoms with Crippen LogP contribution < -0.4 is 10.3 Å². The summed E-state index contributed by atoms with van der Waals surface area (Å²) in [5.41, 5.74) is 4.28. The Morgan fingerprint density at radius 2 is 1.95 bits per heavy atom. The van der Waals surface area contributed by atoms with Gasteiger partial charge in [0.25, 0.3) is 0 Å². The van der Waals surface area contributed by atoms with Gasteiger partial charge in [0, 0.05) is 11.7 Å². The number of nitrogens with one attached hydrogen (secondary N) is 1. The molecule has 1 aliphatic heterocycles. The van der Waals surface area contributed by atoms with Crippen LogP contribution in [0.4, 0.5) is 5.69 Å². The van der Waals surface area contributed by atoms with E-state index in [1.54, 1.807) is 0 Å². The topological polar surface area (TPSA) is 80.1 Å². The summed E-state index contributed by atoms with van der Waals surface area (Å²) in [6.07, 6.45) is 3.38. The average molecular weight is 271 g/mol. The Labute approximate surface area is 115 Å². The maximum atomic E-state index is 12.3. The van der Waals surface area contributed by atoms with E-state index in [1.165, 1.54) is 22.2 Å². The molecule has 1 aromatic carbocycles. The third kappa shape index (κ3) is 2.03. The van der Waals surface area contributed by atoms with Crippen molar-refractivity contribution in [2.75, 3.05) is 10.3 Å². The van der Waals surface area contributed by atoms with Crippen molar-refractivity contribution in [2.45, 2.75) is 19.4 Å². The number of hydrogen-bond donors (Lipinski definition) is 1. The second kappa shape index (κ2) is 4.76. The molecule has 0 spiro atoms. The lowest BCUT2D eigenvalue weighted by atomic mass is 10.1. The molecule has 1 unspecified atom stereocenters. The molecule has 1 atom stereocenters. The normalized spacial score (nSPS) is 16.9. The Balaban J connectivity index is 1.82. The molecule has 0 saturated carbocycles. The summed E-state index contributed by atoms with van der Waals surface area (Å²) in [4.78, 5) is 25.8. The Hall–Kier alpha value is -2.70. The molecule has 0 saturated heterocycles. The van der Waals surface area contributed by atoms with E-state index in [0.29, 0.717) is 0 Å². The molecule has 2 heterocycles. The van der Waals surface area contributed by atoms with Gasteiger partial charge in [0.2, 0.25) is 0 Å². The number of para-hydroxylation sites is 1. The van der Waals surface area contributed by atoms with Gasteiger partial charge in [0.1, 0.15) is 12.7 Å². The summed E-state index contributed by atoms with van der Waals surface area (Å²) in [5, 5.41) is 7.11. The molecule has 7 heteroatoms. The minimum Gasteiger partial charge on any atom is -0.301 e. The zero-order valence-electron chi connectivity index (χ0n) is 10.9. The third-order valence-corrected chi connectivity index (χ3v) is 3.27. The van der Waals surface area contributed by atoms with Crippen molar-refractivity contribution < 1.29 is 9.59 Å². The quantitative estimate of drug-likeness (QED) is 0.758. The van der Waals surface area contributed by atoms with Crippen molar-refractivity contribution in [2.24, 2.45) is 0 Å². The molecule has 20 heavy (non-hydrogen) atoms. The zero-order valence-corrected chi connectivity index (χ0v) is 10.9. The lowest BCUT2D eigenvalue weighted by molar-refractivity contribution is -0.135. The summed E-state index contributed by atoms with van der Waals surface area (Å²) in [6, 6.07) is 7.57. The first kappa shape index (κ1) is 12.3. The fourth-order valence-corrected chi connectivity index (χ4v) is 2.41. The highest BCUT2D eigenvalue weighted by Crippen LogP contribution is 2.31. The standard InChI is InChI=1S/C13H13N5O2/c1-9-6-10-4-2-3-5-11(10)18(9)13(20)12(19)16-17-7-14-15-8-17/h2-5,7-9H,6H2,1H3,(H,16,19). The molecule has 0 radical (unpaired) electrons. The number of carbonyl (C=O) groups excluding carboxylic acids is 2. The lowest BCUT2D eigenvalue weighted by Gasteiger charge is -2.21. The number of amides is 2. The largest absolute Gasteiger partial charge is 0.328 e. The molecule has 3 rings (SSSR count). The fraction of sp³-hybridized carbons (Fsp3) is 0.231. The molecular formula is C13H13N5O2. The van der Waals surface area contributed by atoms with Crippen LogP contribution in [0.3, 0.4) is 0 Å². The highest BCUT2D eigenvalue weighted by molar-refractivity contribution is 6.43. The molecule has 0 fully saturated rings. The van der Waals surface area contributed by atoms with E-state index in [0.717, 1.165) is 17.7 Å². The van der Waals surface area contributed by atoms with Gasteiger partial charge in [-0.3, -0.25) is 15.0 Å². The Kier molecular flexibility index (Phi) is 2.94. The van der Waals surface area contributed by atoms with Crippen LogP contribution in [0.5, 0.6) is 0 Å². The molecule has 0 aliphatic carbocycles. The van der Waals surface area contributed by atoms with Crippen LogP contribution in [0.1, 0.15) is 12.5 Å². The highest BCUT2D eigenvalue weighted by Gasteiger charge is 2.34. The molecule has 0 bridgehead atoms. The van der Waals surface area contributed by atoms with Crippen LogP contribution in [0, 0.1) is 0 Å². The van der Waals surface area contributed by atoms with E-state index >= 15 is 0 Å². The monoisotopic (exact) mass is 271 g/mol. The van der Waals surface area contributed by atoms with Gasteiger partial charge in [-0.05, 0) is 25.0 Å². The Morgan fingerprint density at radius 1 is 1.25 bits per heavy atom. The molecule has 1 aliphatic rings. The molecule has 2 aromatic rings. The molecular weight excluding hydrogens is 258 g/mol. The number of benzene rings is 1. The van der Waals surface area contributed by atoms with Gasteiger partial charge in [0.15, 0.2) is 0 Å². The van der Waals surface area contributed by atoms with Crippen LogP contribution >= 0.6 is 0 Å². The maximum Gasteiger partial charge on any atom is 0.328 e. The van der Waals surface area contributed by atoms with E-state index in [9.17, 15) is 9.59 Å². The predicted molar refractivity (Wildman–Crippen MR) is 71.5 cm³/mol. The second-order valence-electron chi connectivity index (χ2n) is 4.67. The zero-order chi connectivity index (χ0) is 14.1. The van der Waals surface area contributed by atoms with E-state index < -0.39 is 11.8 Å². The first-order valence-corrected chi connectivity index (χ1v) is 6.24. The maximum absolute atomic E-state index is 12.3. The molecule has 2 amide bonds. The van der Waals surface area contributed by atoms with Crippen molar-refractivity contribution in [3.05, 3.63) is 42.5 Å². The van der Waals surface area contributed by atoms with Gasteiger partial charge < -0.3 is 4.90 Å². The van der Waals surface area contributed by atoms with Gasteiger partial charge in [-0.2, -0.15) is 0 Å². The predicted octanol–water partition coefficient (Wildman–Crippen LogP) is 0.326. The first-order valence-electron chi connectivity index (χ1n) is 6.24. The lowest BCUT2D eigenvalue weighted by Crippen LogP contribution is -2.44. The highest BCUT2D eigenvalue weighted by atomic mass is 16.2. The van der Waals surface area contributed by atoms with Gasteiger partial charge in [-0.1, -0.05) is 18.2 Å². The van der Waals surface area contributed by atoms with Crippen LogP contribution in [-0.2, 0) is 16.0 Å². The minimum absolute atomic E-state index is 0.0356. The smallest absolute Gasteiger partial charge is 0.301 e. The molecule has 1 aromatic heterocycles. The van der Waals surface area contributed by atoms with E-state index in [2.05, 4.69) is 15.6 Å². The average Bonchev–Trinajstić information content (AvgIpc) is 3.04. The number of carbonyl (C=O) groups is 2. The summed E-state index contributed by atoms with van der Waals surface area (Å²) in [6.45, 7) is 1.92. The van der Waals surface area contributed by atoms with Crippen LogP contribution in [0.25, 0.3) is 0 Å². The summed E-state index contributed by atoms with van der Waals surface area (Å²) in [5.74, 6) is -1.30. The SMILES string of the molecule is CC1Cc2ccccc2N1C(=O)C(=O)Nn1cnnc1. The van der Waals surface area contributed by atoms with Crippen LogP contribution in [0.15, 0.2) is 36.9 Å². The fourth-order valence-electron chi connectivity index (χ4n) is 2.41. The molecule has 102 valence electrons.